The molecule has 0 aromatic heterocycles. The maximum Gasteiger partial charge on any atom is 0.416 e. The highest BCUT2D eigenvalue weighted by atomic mass is 19.4. The number of nitrogens with one attached hydrogen (secondary N) is 1. The number of carbonyl (C=O) groups is 1. The quantitative estimate of drug-likeness (QED) is 0.671. The number of phenols is 1. The minimum absolute atomic E-state index is 0.107. The zero-order valence-electron chi connectivity index (χ0n) is 11.8. The first-order chi connectivity index (χ1) is 10.8. The van der Waals surface area contributed by atoms with Crippen molar-refractivity contribution in [1.82, 2.24) is 5.43 Å². The number of nitrogens with zero attached hydrogens (tertiary/aromatic N) is 1. The number of alkyl halides is 3. The molecule has 2 rings (SSSR count). The number of phenolic OH excluding ortho intramolecular Hbond substituents is 1. The van der Waals surface area contributed by atoms with Gasteiger partial charge in [0.05, 0.1) is 18.2 Å². The molecular formula is C16H13F3N2O2. The van der Waals surface area contributed by atoms with Gasteiger partial charge in [0.25, 0.3) is 0 Å². The lowest BCUT2D eigenvalue weighted by Crippen LogP contribution is -2.20. The van der Waals surface area contributed by atoms with E-state index in [2.05, 4.69) is 10.5 Å². The minimum Gasteiger partial charge on any atom is -0.508 e. The molecule has 1 amide bonds. The highest BCUT2D eigenvalue weighted by Gasteiger charge is 2.30. The molecule has 0 heterocycles. The molecule has 0 saturated carbocycles. The Kier molecular flexibility index (Phi) is 5.00. The van der Waals surface area contributed by atoms with Crippen LogP contribution in [0.1, 0.15) is 16.7 Å². The van der Waals surface area contributed by atoms with Gasteiger partial charge in [-0.3, -0.25) is 4.79 Å². The van der Waals surface area contributed by atoms with E-state index in [1.165, 1.54) is 30.5 Å². The number of halogens is 3. The number of benzene rings is 2. The molecule has 0 aliphatic heterocycles. The molecule has 0 spiro atoms. The lowest BCUT2D eigenvalue weighted by atomic mass is 10.1. The Morgan fingerprint density at radius 3 is 2.52 bits per heavy atom. The van der Waals surface area contributed by atoms with E-state index >= 15 is 0 Å². The minimum atomic E-state index is -4.44. The summed E-state index contributed by atoms with van der Waals surface area (Å²) in [5, 5.41) is 12.8. The van der Waals surface area contributed by atoms with Crippen LogP contribution in [0.25, 0.3) is 0 Å². The number of hydrazone groups is 1. The summed E-state index contributed by atoms with van der Waals surface area (Å²) in [7, 11) is 0. The van der Waals surface area contributed by atoms with Gasteiger partial charge >= 0.3 is 6.18 Å². The van der Waals surface area contributed by atoms with Crippen LogP contribution in [-0.4, -0.2) is 17.2 Å². The summed E-state index contributed by atoms with van der Waals surface area (Å²) in [6, 6.07) is 10.7. The Balaban J connectivity index is 1.93. The third kappa shape index (κ3) is 5.14. The zero-order chi connectivity index (χ0) is 16.9. The maximum absolute atomic E-state index is 12.6. The van der Waals surface area contributed by atoms with Crippen LogP contribution in [0.5, 0.6) is 5.75 Å². The first-order valence-corrected chi connectivity index (χ1v) is 6.61. The molecular weight excluding hydrogens is 309 g/mol. The van der Waals surface area contributed by atoms with Crippen molar-refractivity contribution in [2.45, 2.75) is 12.6 Å². The SMILES string of the molecule is O=C(Cc1cccc(C(F)(F)F)c1)NN=Cc1ccc(O)cc1. The van der Waals surface area contributed by atoms with Crippen LogP contribution in [0, 0.1) is 0 Å². The predicted molar refractivity (Wildman–Crippen MR) is 79.0 cm³/mol. The van der Waals surface area contributed by atoms with E-state index < -0.39 is 17.6 Å². The molecule has 0 fully saturated rings. The van der Waals surface area contributed by atoms with Crippen molar-refractivity contribution in [3.63, 3.8) is 0 Å². The maximum atomic E-state index is 12.6. The Morgan fingerprint density at radius 1 is 1.17 bits per heavy atom. The summed E-state index contributed by atoms with van der Waals surface area (Å²) < 4.78 is 37.7. The van der Waals surface area contributed by atoms with E-state index in [9.17, 15) is 18.0 Å². The standard InChI is InChI=1S/C16H13F3N2O2/c17-16(18,19)13-3-1-2-12(8-13)9-15(23)21-20-10-11-4-6-14(22)7-5-11/h1-8,10,22H,9H2,(H,21,23). The van der Waals surface area contributed by atoms with Crippen molar-refractivity contribution >= 4 is 12.1 Å². The van der Waals surface area contributed by atoms with Gasteiger partial charge in [0.15, 0.2) is 0 Å². The molecule has 0 aliphatic carbocycles. The topological polar surface area (TPSA) is 61.7 Å². The highest BCUT2D eigenvalue weighted by molar-refractivity contribution is 5.83. The van der Waals surface area contributed by atoms with Gasteiger partial charge in [-0.05, 0) is 41.5 Å². The molecule has 0 unspecified atom stereocenters. The van der Waals surface area contributed by atoms with Gasteiger partial charge in [0, 0.05) is 0 Å². The van der Waals surface area contributed by atoms with E-state index in [1.807, 2.05) is 0 Å². The summed E-state index contributed by atoms with van der Waals surface area (Å²) in [4.78, 5) is 11.7. The predicted octanol–water partition coefficient (Wildman–Crippen LogP) is 3.10. The van der Waals surface area contributed by atoms with Crippen LogP contribution in [0.15, 0.2) is 53.6 Å². The van der Waals surface area contributed by atoms with Gasteiger partial charge in [-0.2, -0.15) is 18.3 Å². The molecule has 0 aliphatic rings. The van der Waals surface area contributed by atoms with Crippen molar-refractivity contribution in [3.05, 3.63) is 65.2 Å². The molecule has 2 aromatic carbocycles. The van der Waals surface area contributed by atoms with Crippen LogP contribution >= 0.6 is 0 Å². The summed E-state index contributed by atoms with van der Waals surface area (Å²) in [6.45, 7) is 0. The molecule has 2 N–H and O–H groups in total. The monoisotopic (exact) mass is 322 g/mol. The third-order valence-corrected chi connectivity index (χ3v) is 2.91. The van der Waals surface area contributed by atoms with Crippen LogP contribution in [0.4, 0.5) is 13.2 Å². The second-order valence-corrected chi connectivity index (χ2v) is 4.76. The van der Waals surface area contributed by atoms with Crippen LogP contribution < -0.4 is 5.43 Å². The molecule has 23 heavy (non-hydrogen) atoms. The summed E-state index contributed by atoms with van der Waals surface area (Å²) >= 11 is 0. The summed E-state index contributed by atoms with van der Waals surface area (Å²) in [5.41, 5.74) is 2.35. The van der Waals surface area contributed by atoms with Gasteiger partial charge in [-0.1, -0.05) is 18.2 Å². The number of amides is 1. The lowest BCUT2D eigenvalue weighted by molar-refractivity contribution is -0.137. The molecule has 0 saturated heterocycles. The fourth-order valence-electron chi connectivity index (χ4n) is 1.82. The number of aromatic hydroxyl groups is 1. The molecule has 0 atom stereocenters. The second kappa shape index (κ2) is 6.95. The van der Waals surface area contributed by atoms with E-state index in [-0.39, 0.29) is 17.7 Å². The van der Waals surface area contributed by atoms with Crippen molar-refractivity contribution in [1.29, 1.82) is 0 Å². The smallest absolute Gasteiger partial charge is 0.416 e. The average molecular weight is 322 g/mol. The first-order valence-electron chi connectivity index (χ1n) is 6.61. The van der Waals surface area contributed by atoms with E-state index in [0.29, 0.717) is 5.56 Å². The average Bonchev–Trinajstić information content (AvgIpc) is 2.49. The normalized spacial score (nSPS) is 11.6. The lowest BCUT2D eigenvalue weighted by Gasteiger charge is -2.08. The van der Waals surface area contributed by atoms with Gasteiger partial charge in [-0.25, -0.2) is 5.43 Å². The second-order valence-electron chi connectivity index (χ2n) is 4.76. The molecule has 7 heteroatoms. The highest BCUT2D eigenvalue weighted by Crippen LogP contribution is 2.29. The molecule has 0 bridgehead atoms. The van der Waals surface area contributed by atoms with Crippen LogP contribution in [-0.2, 0) is 17.4 Å². The van der Waals surface area contributed by atoms with Crippen molar-refractivity contribution in [2.24, 2.45) is 5.10 Å². The Labute approximate surface area is 130 Å². The number of rotatable bonds is 4. The summed E-state index contributed by atoms with van der Waals surface area (Å²) in [6.07, 6.45) is -3.29. The van der Waals surface area contributed by atoms with Gasteiger partial charge in [-0.15, -0.1) is 0 Å². The Morgan fingerprint density at radius 2 is 1.87 bits per heavy atom. The fourth-order valence-corrected chi connectivity index (χ4v) is 1.82. The van der Waals surface area contributed by atoms with E-state index in [1.54, 1.807) is 12.1 Å². The van der Waals surface area contributed by atoms with Crippen LogP contribution in [0.2, 0.25) is 0 Å². The van der Waals surface area contributed by atoms with Gasteiger partial charge < -0.3 is 5.11 Å². The van der Waals surface area contributed by atoms with Crippen molar-refractivity contribution < 1.29 is 23.1 Å². The van der Waals surface area contributed by atoms with E-state index in [0.717, 1.165) is 12.1 Å². The van der Waals surface area contributed by atoms with E-state index in [4.69, 9.17) is 5.11 Å². The Bertz CT molecular complexity index is 710. The first kappa shape index (κ1) is 16.5. The van der Waals surface area contributed by atoms with Gasteiger partial charge in [0.2, 0.25) is 5.91 Å². The molecule has 120 valence electrons. The summed E-state index contributed by atoms with van der Waals surface area (Å²) in [5.74, 6) is -0.421. The third-order valence-electron chi connectivity index (χ3n) is 2.91. The van der Waals surface area contributed by atoms with Gasteiger partial charge in [0.1, 0.15) is 5.75 Å². The fraction of sp³-hybridized carbons (Fsp3) is 0.125. The van der Waals surface area contributed by atoms with Crippen LogP contribution in [0.3, 0.4) is 0 Å². The Hall–Kier alpha value is -2.83. The molecule has 2 aromatic rings. The zero-order valence-corrected chi connectivity index (χ0v) is 11.8. The van der Waals surface area contributed by atoms with Crippen molar-refractivity contribution in [2.75, 3.05) is 0 Å². The molecule has 4 nitrogen and oxygen atoms in total. The number of carbonyl (C=O) groups excluding carboxylic acids is 1. The number of hydrogen-bond acceptors (Lipinski definition) is 3. The molecule has 0 radical (unpaired) electrons. The van der Waals surface area contributed by atoms with Crippen molar-refractivity contribution in [3.8, 4) is 5.75 Å². The number of hydrogen-bond donors (Lipinski definition) is 2. The largest absolute Gasteiger partial charge is 0.508 e.